The lowest BCUT2D eigenvalue weighted by atomic mass is 10.1. The zero-order valence-corrected chi connectivity index (χ0v) is 10.0. The summed E-state index contributed by atoms with van der Waals surface area (Å²) in [7, 11) is 0. The predicted molar refractivity (Wildman–Crippen MR) is 62.3 cm³/mol. The molecule has 18 heavy (non-hydrogen) atoms. The summed E-state index contributed by atoms with van der Waals surface area (Å²) < 4.78 is 15.9. The average molecular weight is 253 g/mol. The molecule has 1 atom stereocenters. The van der Waals surface area contributed by atoms with Gasteiger partial charge in [0.25, 0.3) is 0 Å². The number of carbonyl (C=O) groups excluding carboxylic acids is 1. The third-order valence-electron chi connectivity index (χ3n) is 2.70. The van der Waals surface area contributed by atoms with Crippen molar-refractivity contribution in [1.29, 1.82) is 0 Å². The molecule has 1 unspecified atom stereocenters. The van der Waals surface area contributed by atoms with Crippen molar-refractivity contribution in [2.24, 2.45) is 11.7 Å². The molecule has 1 aliphatic heterocycles. The minimum atomic E-state index is -0.429. The lowest BCUT2D eigenvalue weighted by Crippen LogP contribution is -2.26. The van der Waals surface area contributed by atoms with Crippen LogP contribution in [-0.4, -0.2) is 24.4 Å². The molecule has 1 aromatic rings. The quantitative estimate of drug-likeness (QED) is 0.793. The average Bonchev–Trinajstić information content (AvgIpc) is 2.81. The minimum Gasteiger partial charge on any atom is -0.492 e. The number of fused-ring (bicyclic) bond motifs is 1. The Morgan fingerprint density at radius 3 is 2.78 bits per heavy atom. The maximum absolute atomic E-state index is 10.9. The molecule has 3 N–H and O–H groups in total. The number of hydrogen-bond donors (Lipinski definition) is 2. The maximum Gasteiger partial charge on any atom is 0.231 e. The number of carbonyl (C=O) groups is 1. The molecule has 98 valence electrons. The van der Waals surface area contributed by atoms with E-state index in [0.717, 1.165) is 0 Å². The molecule has 6 heteroatoms. The van der Waals surface area contributed by atoms with E-state index >= 15 is 0 Å². The normalized spacial score (nSPS) is 14.3. The van der Waals surface area contributed by atoms with Gasteiger partial charge in [-0.25, -0.2) is 0 Å². The highest BCUT2D eigenvalue weighted by Crippen LogP contribution is 2.38. The van der Waals surface area contributed by atoms with Crippen LogP contribution in [0.5, 0.6) is 17.2 Å². The summed E-state index contributed by atoms with van der Waals surface area (Å²) >= 11 is 0. The number of hydrogen-bond acceptors (Lipinski definition) is 5. The smallest absolute Gasteiger partial charge is 0.231 e. The van der Waals surface area contributed by atoms with Gasteiger partial charge in [0.1, 0.15) is 5.75 Å². The third kappa shape index (κ3) is 2.48. The van der Waals surface area contributed by atoms with Crippen LogP contribution in [0.1, 0.15) is 12.5 Å². The van der Waals surface area contributed by atoms with Crippen LogP contribution in [0, 0.1) is 5.92 Å². The molecule has 0 spiro atoms. The van der Waals surface area contributed by atoms with Gasteiger partial charge in [-0.15, -0.1) is 0 Å². The molecule has 0 bridgehead atoms. The van der Waals surface area contributed by atoms with Gasteiger partial charge in [0.15, 0.2) is 11.5 Å². The fourth-order valence-electron chi connectivity index (χ4n) is 1.52. The largest absolute Gasteiger partial charge is 0.492 e. The first-order valence-corrected chi connectivity index (χ1v) is 5.57. The molecule has 1 aliphatic rings. The Morgan fingerprint density at radius 2 is 2.17 bits per heavy atom. The second-order valence-corrected chi connectivity index (χ2v) is 4.09. The van der Waals surface area contributed by atoms with Crippen LogP contribution in [0.15, 0.2) is 12.1 Å². The molecular weight excluding hydrogens is 238 g/mol. The highest BCUT2D eigenvalue weighted by molar-refractivity contribution is 5.76. The molecule has 1 amide bonds. The van der Waals surface area contributed by atoms with Crippen LogP contribution in [0.25, 0.3) is 0 Å². The van der Waals surface area contributed by atoms with Crippen LogP contribution in [0.4, 0.5) is 0 Å². The van der Waals surface area contributed by atoms with Gasteiger partial charge in [0.05, 0.1) is 19.1 Å². The van der Waals surface area contributed by atoms with E-state index in [0.29, 0.717) is 22.8 Å². The summed E-state index contributed by atoms with van der Waals surface area (Å²) in [6, 6.07) is 3.30. The lowest BCUT2D eigenvalue weighted by molar-refractivity contribution is -0.122. The van der Waals surface area contributed by atoms with Gasteiger partial charge < -0.3 is 25.1 Å². The van der Waals surface area contributed by atoms with Crippen LogP contribution in [0.2, 0.25) is 0 Å². The van der Waals surface area contributed by atoms with E-state index < -0.39 is 11.8 Å². The summed E-state index contributed by atoms with van der Waals surface area (Å²) in [4.78, 5) is 10.9. The number of nitrogens with two attached hydrogens (primary N) is 1. The fraction of sp³-hybridized carbons (Fsp3) is 0.417. The van der Waals surface area contributed by atoms with Gasteiger partial charge in [-0.1, -0.05) is 6.92 Å². The van der Waals surface area contributed by atoms with Crippen molar-refractivity contribution in [3.8, 4) is 17.2 Å². The molecule has 2 rings (SSSR count). The van der Waals surface area contributed by atoms with Gasteiger partial charge >= 0.3 is 0 Å². The SMILES string of the molecule is CC(COc1cc2c(cc1CO)OCO2)C(N)=O. The number of aliphatic hydroxyl groups excluding tert-OH is 1. The van der Waals surface area contributed by atoms with Crippen molar-refractivity contribution in [2.45, 2.75) is 13.5 Å². The van der Waals surface area contributed by atoms with Crippen molar-refractivity contribution >= 4 is 5.91 Å². The van der Waals surface area contributed by atoms with E-state index in [4.69, 9.17) is 19.9 Å². The Balaban J connectivity index is 2.14. The van der Waals surface area contributed by atoms with E-state index in [1.165, 1.54) is 0 Å². The van der Waals surface area contributed by atoms with Gasteiger partial charge in [0.2, 0.25) is 12.7 Å². The van der Waals surface area contributed by atoms with Crippen LogP contribution in [-0.2, 0) is 11.4 Å². The first-order valence-electron chi connectivity index (χ1n) is 5.57. The zero-order chi connectivity index (χ0) is 13.1. The summed E-state index contributed by atoms with van der Waals surface area (Å²) in [6.07, 6.45) is 0. The summed E-state index contributed by atoms with van der Waals surface area (Å²) in [5.74, 6) is 0.779. The molecule has 6 nitrogen and oxygen atoms in total. The highest BCUT2D eigenvalue weighted by atomic mass is 16.7. The molecule has 0 aliphatic carbocycles. The van der Waals surface area contributed by atoms with Crippen molar-refractivity contribution in [2.75, 3.05) is 13.4 Å². The monoisotopic (exact) mass is 253 g/mol. The topological polar surface area (TPSA) is 91.0 Å². The Morgan fingerprint density at radius 1 is 1.50 bits per heavy atom. The molecule has 0 radical (unpaired) electrons. The zero-order valence-electron chi connectivity index (χ0n) is 10.0. The second kappa shape index (κ2) is 5.14. The summed E-state index contributed by atoms with van der Waals surface area (Å²) in [5.41, 5.74) is 5.73. The van der Waals surface area contributed by atoms with E-state index in [9.17, 15) is 9.90 Å². The van der Waals surface area contributed by atoms with E-state index in [1.807, 2.05) is 0 Å². The third-order valence-corrected chi connectivity index (χ3v) is 2.70. The number of ether oxygens (including phenoxy) is 3. The van der Waals surface area contributed by atoms with Crippen molar-refractivity contribution in [3.63, 3.8) is 0 Å². The summed E-state index contributed by atoms with van der Waals surface area (Å²) in [5, 5.41) is 9.26. The molecule has 1 heterocycles. The van der Waals surface area contributed by atoms with E-state index in [-0.39, 0.29) is 20.0 Å². The molecule has 0 aromatic heterocycles. The van der Waals surface area contributed by atoms with Gasteiger partial charge in [-0.3, -0.25) is 4.79 Å². The second-order valence-electron chi connectivity index (χ2n) is 4.09. The highest BCUT2D eigenvalue weighted by Gasteiger charge is 2.18. The predicted octanol–water partition coefficient (Wildman–Crippen LogP) is 0.408. The van der Waals surface area contributed by atoms with Crippen LogP contribution >= 0.6 is 0 Å². The van der Waals surface area contributed by atoms with Gasteiger partial charge in [-0.2, -0.15) is 0 Å². The minimum absolute atomic E-state index is 0.154. The standard InChI is InChI=1S/C12H15NO5/c1-7(12(13)15)5-16-9-3-11-10(17-6-18-11)2-8(9)4-14/h2-3,7,14H,4-6H2,1H3,(H2,13,15). The van der Waals surface area contributed by atoms with Crippen molar-refractivity contribution in [3.05, 3.63) is 17.7 Å². The number of amides is 1. The number of benzene rings is 1. The Hall–Kier alpha value is -1.95. The molecule has 0 fully saturated rings. The molecule has 1 aromatic carbocycles. The Labute approximate surface area is 104 Å². The van der Waals surface area contributed by atoms with Crippen molar-refractivity contribution in [1.82, 2.24) is 0 Å². The maximum atomic E-state index is 10.9. The molecule has 0 saturated heterocycles. The summed E-state index contributed by atoms with van der Waals surface area (Å²) in [6.45, 7) is 1.80. The van der Waals surface area contributed by atoms with E-state index in [2.05, 4.69) is 0 Å². The van der Waals surface area contributed by atoms with Crippen molar-refractivity contribution < 1.29 is 24.1 Å². The van der Waals surface area contributed by atoms with Crippen LogP contribution < -0.4 is 19.9 Å². The van der Waals surface area contributed by atoms with Crippen LogP contribution in [0.3, 0.4) is 0 Å². The Bertz CT molecular complexity index is 460. The first kappa shape index (κ1) is 12.5. The van der Waals surface area contributed by atoms with E-state index in [1.54, 1.807) is 19.1 Å². The Kier molecular flexibility index (Phi) is 3.57. The number of rotatable bonds is 5. The lowest BCUT2D eigenvalue weighted by Gasteiger charge is -2.13. The molecular formula is C12H15NO5. The van der Waals surface area contributed by atoms with Gasteiger partial charge in [-0.05, 0) is 6.07 Å². The van der Waals surface area contributed by atoms with Gasteiger partial charge in [0, 0.05) is 11.6 Å². The first-order chi connectivity index (χ1) is 8.61. The fourth-order valence-corrected chi connectivity index (χ4v) is 1.52. The number of primary amides is 1. The number of aliphatic hydroxyl groups is 1. The molecule has 0 saturated carbocycles.